The summed E-state index contributed by atoms with van der Waals surface area (Å²) in [5.74, 6) is -4.43. The van der Waals surface area contributed by atoms with Gasteiger partial charge in [0.1, 0.15) is 49.4 Å². The Morgan fingerprint density at radius 3 is 0.939 bits per heavy atom. The number of nitrogens with one attached hydrogen (secondary N) is 4. The summed E-state index contributed by atoms with van der Waals surface area (Å²) < 4.78 is 63.8. The summed E-state index contributed by atoms with van der Waals surface area (Å²) in [6.07, 6.45) is -3.52. The molecule has 0 spiro atoms. The number of alkyl halides is 3. The Labute approximate surface area is 614 Å². The van der Waals surface area contributed by atoms with Gasteiger partial charge in [0, 0.05) is 80.9 Å². The molecule has 0 aliphatic rings. The van der Waals surface area contributed by atoms with Gasteiger partial charge in [-0.3, -0.25) is 19.2 Å². The zero-order chi connectivity index (χ0) is 73.3. The molecular formula is C69H60Br4Cl3F3N4O16. The van der Waals surface area contributed by atoms with Crippen LogP contribution >= 0.6 is 98.5 Å². The first-order valence-electron chi connectivity index (χ1n) is 29.2. The molecule has 0 bridgehead atoms. The van der Waals surface area contributed by atoms with Gasteiger partial charge >= 0.3 is 30.1 Å². The van der Waals surface area contributed by atoms with E-state index in [-0.39, 0.29) is 132 Å². The van der Waals surface area contributed by atoms with E-state index in [9.17, 15) is 72.0 Å². The smallest absolute Gasteiger partial charge is 0.416 e. The van der Waals surface area contributed by atoms with E-state index in [1.165, 1.54) is 60.7 Å². The molecule has 8 aromatic carbocycles. The predicted molar refractivity (Wildman–Crippen MR) is 383 cm³/mol. The second-order valence-corrected chi connectivity index (χ2v) is 25.1. The summed E-state index contributed by atoms with van der Waals surface area (Å²) in [4.78, 5) is 91.4. The van der Waals surface area contributed by atoms with Crippen LogP contribution in [-0.4, -0.2) is 67.9 Å². The van der Waals surface area contributed by atoms with Gasteiger partial charge in [-0.25, -0.2) is 19.2 Å². The highest BCUT2D eigenvalue weighted by molar-refractivity contribution is 9.11. The molecule has 99 heavy (non-hydrogen) atoms. The Kier molecular flexibility index (Phi) is 32.1. The monoisotopic (exact) mass is 1680 g/mol. The summed E-state index contributed by atoms with van der Waals surface area (Å²) in [6, 6.07) is 36.9. The molecule has 0 saturated heterocycles. The van der Waals surface area contributed by atoms with Crippen LogP contribution in [0.1, 0.15) is 123 Å². The molecule has 0 saturated carbocycles. The molecule has 0 unspecified atom stereocenters. The van der Waals surface area contributed by atoms with Crippen molar-refractivity contribution in [3.05, 3.63) is 229 Å². The summed E-state index contributed by atoms with van der Waals surface area (Å²) in [5.41, 5.74) is 2.64. The third-order valence-corrected chi connectivity index (χ3v) is 16.7. The van der Waals surface area contributed by atoms with Crippen molar-refractivity contribution >= 4 is 169 Å². The zero-order valence-corrected chi connectivity index (χ0v) is 61.1. The summed E-state index contributed by atoms with van der Waals surface area (Å²) in [5, 5.41) is 48.4. The fourth-order valence-electron chi connectivity index (χ4n) is 7.95. The van der Waals surface area contributed by atoms with Crippen LogP contribution in [0, 0.1) is 0 Å². The second kappa shape index (κ2) is 39.2. The van der Waals surface area contributed by atoms with Gasteiger partial charge in [-0.05, 0) is 121 Å². The van der Waals surface area contributed by atoms with E-state index in [0.29, 0.717) is 32.9 Å². The van der Waals surface area contributed by atoms with Crippen LogP contribution in [0.15, 0.2) is 163 Å². The van der Waals surface area contributed by atoms with Gasteiger partial charge < -0.3 is 60.6 Å². The maximum absolute atomic E-state index is 12.6. The molecule has 0 radical (unpaired) electrons. The fourth-order valence-corrected chi connectivity index (χ4v) is 10.9. The number of carboxylic acid groups (broad SMARTS) is 4. The fraction of sp³-hybridized carbons (Fsp3) is 0.188. The normalized spacial score (nSPS) is 10.5. The van der Waals surface area contributed by atoms with Crippen molar-refractivity contribution in [2.24, 2.45) is 0 Å². The highest BCUT2D eigenvalue weighted by Crippen LogP contribution is 2.34. The zero-order valence-electron chi connectivity index (χ0n) is 52.5. The minimum atomic E-state index is -4.50. The van der Waals surface area contributed by atoms with Crippen molar-refractivity contribution in [1.82, 2.24) is 0 Å². The van der Waals surface area contributed by atoms with Gasteiger partial charge in [0.05, 0.1) is 50.6 Å². The molecule has 0 fully saturated rings. The predicted octanol–water partition coefficient (Wildman–Crippen LogP) is 19.3. The van der Waals surface area contributed by atoms with E-state index in [4.69, 9.17) is 53.8 Å². The van der Waals surface area contributed by atoms with Crippen molar-refractivity contribution in [1.29, 1.82) is 0 Å². The topological polar surface area (TPSA) is 303 Å². The Bertz CT molecular complexity index is 3970. The van der Waals surface area contributed by atoms with Crippen LogP contribution in [0.3, 0.4) is 0 Å². The molecule has 4 amide bonds. The molecule has 0 aliphatic heterocycles. The average molecular weight is 1680 g/mol. The van der Waals surface area contributed by atoms with E-state index >= 15 is 0 Å². The quantitative estimate of drug-likeness (QED) is 0.0279. The van der Waals surface area contributed by atoms with Crippen LogP contribution in [0.5, 0.6) is 23.0 Å². The standard InChI is InChI=1S/C18H15ClF3NO4.C17H15Br2NO4.2C17H15BrClNO4/c1-2-16(24)23-15-6-5-12(8-13(15)17(25)26)27-9-10-3-4-11(7-14(10)19)18(20,21)22;1-2-16(21)20-15-6-5-12(8-13(15)17(22)23)24-9-10-3-4-11(18)7-14(10)19;1-2-16(21)20-15-6-5-12(8-13(15)17(22)23)24-9-10-3-4-11(19)7-14(10)18;1-2-16(21)20-15-6-5-12(8-13(15)17(22)23)24-9-10-3-4-11(18)7-14(10)19/h3-8H,2,9H2,1H3,(H,23,24)(H,25,26);3*3-8H,2,9H2,1H3,(H,20,21)(H,22,23). The Balaban J connectivity index is 0.000000238. The number of carbonyl (C=O) groups is 8. The SMILES string of the molecule is CCC(=O)Nc1ccc(OCc2ccc(Br)cc2Br)cc1C(=O)O.CCC(=O)Nc1ccc(OCc2ccc(Br)cc2Cl)cc1C(=O)O.CCC(=O)Nc1ccc(OCc2ccc(C(F)(F)F)cc2Cl)cc1C(=O)O.CCC(=O)Nc1ccc(OCc2ccc(Cl)cc2Br)cc1C(=O)O. The number of benzene rings is 8. The number of aromatic carboxylic acids is 4. The number of ether oxygens (including phenoxy) is 4. The van der Waals surface area contributed by atoms with Crippen molar-refractivity contribution in [3.63, 3.8) is 0 Å². The van der Waals surface area contributed by atoms with E-state index in [0.717, 1.165) is 46.7 Å². The number of hydrogen-bond donors (Lipinski definition) is 8. The molecule has 30 heteroatoms. The van der Waals surface area contributed by atoms with Crippen LogP contribution < -0.4 is 40.2 Å². The number of anilines is 4. The lowest BCUT2D eigenvalue weighted by atomic mass is 10.1. The maximum Gasteiger partial charge on any atom is 0.416 e. The first kappa shape index (κ1) is 81.0. The second-order valence-electron chi connectivity index (χ2n) is 20.3. The lowest BCUT2D eigenvalue weighted by Crippen LogP contribution is -2.13. The van der Waals surface area contributed by atoms with Gasteiger partial charge in [-0.2, -0.15) is 13.2 Å². The van der Waals surface area contributed by atoms with Crippen LogP contribution in [0.25, 0.3) is 0 Å². The number of amides is 4. The number of halogens is 10. The first-order chi connectivity index (χ1) is 46.8. The van der Waals surface area contributed by atoms with E-state index in [1.807, 2.05) is 36.4 Å². The van der Waals surface area contributed by atoms with Crippen LogP contribution in [-0.2, 0) is 51.8 Å². The van der Waals surface area contributed by atoms with E-state index in [2.05, 4.69) is 85.0 Å². The minimum Gasteiger partial charge on any atom is -0.489 e. The van der Waals surface area contributed by atoms with Gasteiger partial charge in [0.2, 0.25) is 23.6 Å². The van der Waals surface area contributed by atoms with E-state index < -0.39 is 35.6 Å². The molecule has 20 nitrogen and oxygen atoms in total. The molecule has 0 heterocycles. The third-order valence-electron chi connectivity index (χ3n) is 13.3. The Hall–Kier alpha value is -8.70. The van der Waals surface area contributed by atoms with Crippen molar-refractivity contribution in [2.75, 3.05) is 21.3 Å². The van der Waals surface area contributed by atoms with Gasteiger partial charge in [0.15, 0.2) is 0 Å². The van der Waals surface area contributed by atoms with Crippen molar-refractivity contribution in [2.45, 2.75) is 86.0 Å². The van der Waals surface area contributed by atoms with Crippen molar-refractivity contribution in [3.8, 4) is 23.0 Å². The summed E-state index contributed by atoms with van der Waals surface area (Å²) >= 11 is 31.4. The number of rotatable bonds is 24. The lowest BCUT2D eigenvalue weighted by Gasteiger charge is -2.13. The van der Waals surface area contributed by atoms with Crippen molar-refractivity contribution < 1.29 is 90.9 Å². The van der Waals surface area contributed by atoms with Crippen LogP contribution in [0.4, 0.5) is 35.9 Å². The summed E-state index contributed by atoms with van der Waals surface area (Å²) in [6.45, 7) is 7.28. The molecule has 8 rings (SSSR count). The minimum absolute atomic E-state index is 0.0100. The van der Waals surface area contributed by atoms with Gasteiger partial charge in [0.25, 0.3) is 0 Å². The molecule has 0 aromatic heterocycles. The first-order valence-corrected chi connectivity index (χ1v) is 33.5. The molecule has 0 atom stereocenters. The van der Waals surface area contributed by atoms with Gasteiger partial charge in [-0.1, -0.05) is 150 Å². The molecule has 8 N–H and O–H groups in total. The molecule has 522 valence electrons. The Morgan fingerprint density at radius 1 is 0.374 bits per heavy atom. The number of carboxylic acids is 4. The number of carbonyl (C=O) groups excluding carboxylic acids is 4. The Morgan fingerprint density at radius 2 is 0.657 bits per heavy atom. The van der Waals surface area contributed by atoms with Gasteiger partial charge in [-0.15, -0.1) is 0 Å². The largest absolute Gasteiger partial charge is 0.489 e. The maximum atomic E-state index is 12.6. The number of hydrogen-bond acceptors (Lipinski definition) is 12. The third kappa shape index (κ3) is 26.2. The lowest BCUT2D eigenvalue weighted by molar-refractivity contribution is -0.137. The highest BCUT2D eigenvalue weighted by atomic mass is 79.9. The highest BCUT2D eigenvalue weighted by Gasteiger charge is 2.31. The van der Waals surface area contributed by atoms with E-state index in [1.54, 1.807) is 64.1 Å². The average Bonchev–Trinajstić information content (AvgIpc) is 0.855. The summed E-state index contributed by atoms with van der Waals surface area (Å²) in [7, 11) is 0. The molecular weight excluding hydrogens is 1620 g/mol. The molecule has 0 aliphatic carbocycles. The van der Waals surface area contributed by atoms with Crippen LogP contribution in [0.2, 0.25) is 15.1 Å². The molecule has 8 aromatic rings.